The highest BCUT2D eigenvalue weighted by molar-refractivity contribution is 7.97. The number of hydrogen-bond donors (Lipinski definition) is 0. The number of rotatable bonds is 8. The molecule has 0 unspecified atom stereocenters. The largest absolute Gasteiger partial charge is 0.487 e. The summed E-state index contributed by atoms with van der Waals surface area (Å²) in [4.78, 5) is 2.59. The van der Waals surface area contributed by atoms with Crippen molar-refractivity contribution in [2.24, 2.45) is 0 Å². The monoisotopic (exact) mass is 539 g/mol. The molecule has 38 heavy (non-hydrogen) atoms. The van der Waals surface area contributed by atoms with Gasteiger partial charge in [0.25, 0.3) is 0 Å². The summed E-state index contributed by atoms with van der Waals surface area (Å²) in [5.74, 6) is 2.55. The van der Waals surface area contributed by atoms with Crippen molar-refractivity contribution in [1.82, 2.24) is 4.90 Å². The fraction of sp³-hybridized carbons (Fsp3) is 0.438. The van der Waals surface area contributed by atoms with E-state index < -0.39 is 11.7 Å². The Labute approximate surface area is 228 Å². The second-order valence-electron chi connectivity index (χ2n) is 10.7. The topological polar surface area (TPSA) is 12.5 Å². The minimum absolute atomic E-state index is 0.0108. The van der Waals surface area contributed by atoms with E-state index in [1.165, 1.54) is 41.6 Å². The van der Waals surface area contributed by atoms with Crippen LogP contribution in [0.2, 0.25) is 0 Å². The molecule has 0 saturated carbocycles. The molecule has 0 radical (unpaired) electrons. The van der Waals surface area contributed by atoms with Crippen molar-refractivity contribution in [3.63, 3.8) is 0 Å². The summed E-state index contributed by atoms with van der Waals surface area (Å²) in [5.41, 5.74) is 5.22. The number of aryl methyl sites for hydroxylation is 1. The lowest BCUT2D eigenvalue weighted by Gasteiger charge is -2.44. The smallest absolute Gasteiger partial charge is 0.416 e. The van der Waals surface area contributed by atoms with Crippen LogP contribution in [0.4, 0.5) is 13.2 Å². The molecule has 3 aromatic rings. The van der Waals surface area contributed by atoms with E-state index in [-0.39, 0.29) is 5.60 Å². The Morgan fingerprint density at radius 1 is 0.842 bits per heavy atom. The van der Waals surface area contributed by atoms with Crippen molar-refractivity contribution >= 4 is 11.8 Å². The summed E-state index contributed by atoms with van der Waals surface area (Å²) in [6.07, 6.45) is 2.65. The number of nitrogens with zero attached hydrogens (tertiary/aromatic N) is 1. The van der Waals surface area contributed by atoms with Crippen molar-refractivity contribution in [1.29, 1.82) is 0 Å². The van der Waals surface area contributed by atoms with Crippen molar-refractivity contribution in [3.8, 4) is 16.9 Å². The molecule has 1 saturated heterocycles. The predicted molar refractivity (Wildman–Crippen MR) is 151 cm³/mol. The highest BCUT2D eigenvalue weighted by Gasteiger charge is 2.39. The number of unbranched alkanes of at least 4 members (excludes halogenated alkanes) is 1. The van der Waals surface area contributed by atoms with Gasteiger partial charge in [0, 0.05) is 24.6 Å². The van der Waals surface area contributed by atoms with Crippen molar-refractivity contribution in [2.45, 2.75) is 68.7 Å². The van der Waals surface area contributed by atoms with Crippen LogP contribution < -0.4 is 4.74 Å². The van der Waals surface area contributed by atoms with E-state index in [9.17, 15) is 13.2 Å². The van der Waals surface area contributed by atoms with Crippen LogP contribution in [0.3, 0.4) is 0 Å². The summed E-state index contributed by atoms with van der Waals surface area (Å²) in [5, 5.41) is 0. The summed E-state index contributed by atoms with van der Waals surface area (Å²) < 4.78 is 44.9. The zero-order chi connectivity index (χ0) is 26.6. The third-order valence-corrected chi connectivity index (χ3v) is 9.01. The maximum absolute atomic E-state index is 12.7. The van der Waals surface area contributed by atoms with Gasteiger partial charge in [-0.25, -0.2) is 0 Å². The molecule has 0 bridgehead atoms. The Kier molecular flexibility index (Phi) is 8.39. The molecule has 2 aliphatic heterocycles. The first-order valence-corrected chi connectivity index (χ1v) is 14.9. The van der Waals surface area contributed by atoms with Crippen LogP contribution in [0.15, 0.2) is 66.7 Å². The fourth-order valence-corrected chi connectivity index (χ4v) is 6.45. The number of fused-ring (bicyclic) bond motifs is 1. The number of benzene rings is 3. The van der Waals surface area contributed by atoms with E-state index in [0.29, 0.717) is 5.75 Å². The molecule has 1 spiro atoms. The highest BCUT2D eigenvalue weighted by atomic mass is 32.2. The van der Waals surface area contributed by atoms with Gasteiger partial charge in [0.1, 0.15) is 11.4 Å². The number of piperidine rings is 1. The Bertz CT molecular complexity index is 1200. The van der Waals surface area contributed by atoms with E-state index in [1.54, 1.807) is 23.9 Å². The Hall–Kier alpha value is -2.44. The van der Waals surface area contributed by atoms with Gasteiger partial charge in [-0.15, -0.1) is 0 Å². The molecule has 2 aliphatic rings. The molecule has 2 nitrogen and oxygen atoms in total. The minimum atomic E-state index is -4.29. The molecule has 0 atom stereocenters. The maximum atomic E-state index is 12.7. The lowest BCUT2D eigenvalue weighted by Crippen LogP contribution is -2.49. The van der Waals surface area contributed by atoms with Crippen molar-refractivity contribution < 1.29 is 17.9 Å². The molecule has 0 aliphatic carbocycles. The lowest BCUT2D eigenvalue weighted by atomic mass is 9.82. The molecule has 0 amide bonds. The predicted octanol–water partition coefficient (Wildman–Crippen LogP) is 8.77. The number of thioether (sulfide) groups is 1. The average Bonchev–Trinajstić information content (AvgIpc) is 2.93. The molecule has 6 heteroatoms. The first kappa shape index (κ1) is 27.1. The van der Waals surface area contributed by atoms with Gasteiger partial charge in [0.2, 0.25) is 0 Å². The van der Waals surface area contributed by atoms with Gasteiger partial charge >= 0.3 is 6.18 Å². The third kappa shape index (κ3) is 6.58. The van der Waals surface area contributed by atoms with Gasteiger partial charge in [0.05, 0.1) is 5.56 Å². The molecular weight excluding hydrogens is 503 g/mol. The summed E-state index contributed by atoms with van der Waals surface area (Å²) in [6, 6.07) is 20.7. The van der Waals surface area contributed by atoms with Crippen LogP contribution in [0.25, 0.3) is 11.1 Å². The van der Waals surface area contributed by atoms with Gasteiger partial charge in [-0.3, -0.25) is 0 Å². The standard InChI is InChI=1S/C32H36F3NOS/c1-2-3-18-36-19-16-31(17-20-36)15-14-28-21-27(10-13-30(28)37-31)26-8-4-24(5-9-26)22-38-23-25-6-11-29(12-7-25)32(33,34)35/h4-13,21H,2-3,14-20,22-23H2,1H3. The molecule has 5 rings (SSSR count). The molecule has 3 aromatic carbocycles. The molecular formula is C32H36F3NOS. The summed E-state index contributed by atoms with van der Waals surface area (Å²) >= 11 is 1.71. The molecule has 1 fully saturated rings. The van der Waals surface area contributed by atoms with Gasteiger partial charge in [-0.2, -0.15) is 24.9 Å². The highest BCUT2D eigenvalue weighted by Crippen LogP contribution is 2.41. The van der Waals surface area contributed by atoms with E-state index >= 15 is 0 Å². The number of hydrogen-bond acceptors (Lipinski definition) is 3. The SMILES string of the molecule is CCCCN1CCC2(CCc3cc(-c4ccc(CSCc5ccc(C(F)(F)F)cc5)cc4)ccc3O2)CC1. The maximum Gasteiger partial charge on any atom is 0.416 e. The Morgan fingerprint density at radius 2 is 1.47 bits per heavy atom. The zero-order valence-corrected chi connectivity index (χ0v) is 22.8. The summed E-state index contributed by atoms with van der Waals surface area (Å²) in [6.45, 7) is 5.75. The van der Waals surface area contributed by atoms with Crippen LogP contribution in [0.1, 0.15) is 61.3 Å². The van der Waals surface area contributed by atoms with Crippen molar-refractivity contribution in [2.75, 3.05) is 19.6 Å². The second-order valence-corrected chi connectivity index (χ2v) is 11.7. The molecule has 0 N–H and O–H groups in total. The first-order valence-electron chi connectivity index (χ1n) is 13.7. The van der Waals surface area contributed by atoms with E-state index in [2.05, 4.69) is 54.3 Å². The van der Waals surface area contributed by atoms with Gasteiger partial charge < -0.3 is 9.64 Å². The van der Waals surface area contributed by atoms with Crippen LogP contribution in [-0.2, 0) is 24.1 Å². The van der Waals surface area contributed by atoms with Crippen LogP contribution >= 0.6 is 11.8 Å². The number of likely N-dealkylation sites (tertiary alicyclic amines) is 1. The van der Waals surface area contributed by atoms with Crippen LogP contribution in [-0.4, -0.2) is 30.1 Å². The lowest BCUT2D eigenvalue weighted by molar-refractivity contribution is -0.137. The molecule has 0 aromatic heterocycles. The van der Waals surface area contributed by atoms with Gasteiger partial charge in [-0.05, 0) is 90.7 Å². The van der Waals surface area contributed by atoms with Crippen LogP contribution in [0, 0.1) is 0 Å². The fourth-order valence-electron chi connectivity index (χ4n) is 5.49. The molecule has 202 valence electrons. The number of alkyl halides is 3. The normalized spacial score (nSPS) is 17.3. The van der Waals surface area contributed by atoms with E-state index in [1.807, 2.05) is 0 Å². The number of ether oxygens (including phenoxy) is 1. The minimum Gasteiger partial charge on any atom is -0.487 e. The van der Waals surface area contributed by atoms with Gasteiger partial charge in [-0.1, -0.05) is 55.8 Å². The van der Waals surface area contributed by atoms with Crippen LogP contribution in [0.5, 0.6) is 5.75 Å². The first-order chi connectivity index (χ1) is 18.3. The Balaban J connectivity index is 1.14. The second kappa shape index (κ2) is 11.7. The van der Waals surface area contributed by atoms with Gasteiger partial charge in [0.15, 0.2) is 0 Å². The van der Waals surface area contributed by atoms with E-state index in [0.717, 1.165) is 68.0 Å². The average molecular weight is 540 g/mol. The summed E-state index contributed by atoms with van der Waals surface area (Å²) in [7, 11) is 0. The van der Waals surface area contributed by atoms with Crippen molar-refractivity contribution in [3.05, 3.63) is 89.0 Å². The zero-order valence-electron chi connectivity index (χ0n) is 22.0. The van der Waals surface area contributed by atoms with E-state index in [4.69, 9.17) is 4.74 Å². The molecule has 2 heterocycles. The number of halogens is 3. The quantitative estimate of drug-likeness (QED) is 0.284. The third-order valence-electron chi connectivity index (χ3n) is 7.94. The Morgan fingerprint density at radius 3 is 2.11 bits per heavy atom.